The Kier molecular flexibility index (Phi) is 3.79. The summed E-state index contributed by atoms with van der Waals surface area (Å²) in [6.07, 6.45) is 1.38. The van der Waals surface area contributed by atoms with Crippen molar-refractivity contribution < 1.29 is 13.5 Å². The van der Waals surface area contributed by atoms with Gasteiger partial charge in [0.25, 0.3) is 0 Å². The van der Waals surface area contributed by atoms with Crippen LogP contribution < -0.4 is 5.73 Å². The zero-order valence-electron chi connectivity index (χ0n) is 10.6. The van der Waals surface area contributed by atoms with E-state index in [4.69, 9.17) is 17.3 Å². The molecule has 1 saturated heterocycles. The molecule has 0 aliphatic carbocycles. The zero-order chi connectivity index (χ0) is 14.3. The molecule has 0 spiro atoms. The van der Waals surface area contributed by atoms with E-state index in [1.807, 2.05) is 6.92 Å². The number of β-amino-alcohol motifs (C(OH)–C–C–N with tert-alkyl or cyclic N) is 1. The summed E-state index contributed by atoms with van der Waals surface area (Å²) in [6.45, 7) is 2.13. The average molecular weight is 305 g/mol. The summed E-state index contributed by atoms with van der Waals surface area (Å²) in [5.41, 5.74) is 4.90. The van der Waals surface area contributed by atoms with Crippen molar-refractivity contribution in [2.75, 3.05) is 18.8 Å². The SMILES string of the molecule is CCCC1(O)CN(S(=O)(=O)c2c(N)cccc2Cl)C1. The van der Waals surface area contributed by atoms with Crippen molar-refractivity contribution in [1.29, 1.82) is 0 Å². The van der Waals surface area contributed by atoms with Gasteiger partial charge in [0.15, 0.2) is 0 Å². The van der Waals surface area contributed by atoms with Crippen LogP contribution in [0.2, 0.25) is 5.02 Å². The predicted octanol–water partition coefficient (Wildman–Crippen LogP) is 1.46. The smallest absolute Gasteiger partial charge is 0.246 e. The molecule has 19 heavy (non-hydrogen) atoms. The second-order valence-corrected chi connectivity index (χ2v) is 7.19. The highest BCUT2D eigenvalue weighted by atomic mass is 35.5. The van der Waals surface area contributed by atoms with Crippen LogP contribution in [0.15, 0.2) is 23.1 Å². The maximum Gasteiger partial charge on any atom is 0.246 e. The molecule has 1 aromatic carbocycles. The van der Waals surface area contributed by atoms with Gasteiger partial charge in [-0.15, -0.1) is 0 Å². The molecular weight excluding hydrogens is 288 g/mol. The number of hydrogen-bond acceptors (Lipinski definition) is 4. The Labute approximate surface area is 118 Å². The molecular formula is C12H17ClN2O3S. The standard InChI is InChI=1S/C12H17ClN2O3S/c1-2-6-12(16)7-15(8-12)19(17,18)11-9(13)4-3-5-10(11)14/h3-5,16H,2,6-8,14H2,1H3. The molecule has 0 aromatic heterocycles. The average Bonchev–Trinajstić information content (AvgIpc) is 2.25. The third-order valence-corrected chi connectivity index (χ3v) is 5.59. The van der Waals surface area contributed by atoms with Crippen LogP contribution >= 0.6 is 11.6 Å². The summed E-state index contributed by atoms with van der Waals surface area (Å²) in [4.78, 5) is -0.0739. The molecule has 1 aliphatic heterocycles. The van der Waals surface area contributed by atoms with Crippen LogP contribution in [0.5, 0.6) is 0 Å². The van der Waals surface area contributed by atoms with Gasteiger partial charge in [0.1, 0.15) is 4.90 Å². The maximum absolute atomic E-state index is 12.4. The fourth-order valence-electron chi connectivity index (χ4n) is 2.33. The Bertz CT molecular complexity index is 562. The van der Waals surface area contributed by atoms with Crippen LogP contribution in [0.1, 0.15) is 19.8 Å². The van der Waals surface area contributed by atoms with Gasteiger partial charge in [-0.3, -0.25) is 0 Å². The highest BCUT2D eigenvalue weighted by Crippen LogP contribution is 2.36. The Morgan fingerprint density at radius 3 is 2.63 bits per heavy atom. The van der Waals surface area contributed by atoms with E-state index in [1.165, 1.54) is 16.4 Å². The third kappa shape index (κ3) is 2.58. The number of benzene rings is 1. The number of nitrogens with two attached hydrogens (primary N) is 1. The summed E-state index contributed by atoms with van der Waals surface area (Å²) in [7, 11) is -3.74. The molecule has 0 bridgehead atoms. The number of nitrogen functional groups attached to an aromatic ring is 1. The molecule has 106 valence electrons. The highest BCUT2D eigenvalue weighted by Gasteiger charge is 2.47. The van der Waals surface area contributed by atoms with Gasteiger partial charge in [-0.25, -0.2) is 8.42 Å². The second kappa shape index (κ2) is 4.94. The minimum Gasteiger partial charge on any atom is -0.398 e. The lowest BCUT2D eigenvalue weighted by molar-refractivity contribution is -0.0653. The number of sulfonamides is 1. The van der Waals surface area contributed by atoms with Crippen LogP contribution in [0.3, 0.4) is 0 Å². The maximum atomic E-state index is 12.4. The van der Waals surface area contributed by atoms with Crippen LogP contribution in [0.25, 0.3) is 0 Å². The molecule has 1 fully saturated rings. The summed E-state index contributed by atoms with van der Waals surface area (Å²) >= 11 is 5.92. The van der Waals surface area contributed by atoms with Crippen molar-refractivity contribution in [3.63, 3.8) is 0 Å². The Hall–Kier alpha value is -0.820. The number of aliphatic hydroxyl groups is 1. The first-order chi connectivity index (χ1) is 8.80. The fourth-order valence-corrected chi connectivity index (χ4v) is 4.56. The van der Waals surface area contributed by atoms with E-state index in [0.29, 0.717) is 6.42 Å². The first-order valence-corrected chi connectivity index (χ1v) is 7.88. The van der Waals surface area contributed by atoms with E-state index in [2.05, 4.69) is 0 Å². The van der Waals surface area contributed by atoms with Crippen molar-refractivity contribution in [3.05, 3.63) is 23.2 Å². The lowest BCUT2D eigenvalue weighted by Gasteiger charge is -2.45. The summed E-state index contributed by atoms with van der Waals surface area (Å²) in [5.74, 6) is 0. The summed E-state index contributed by atoms with van der Waals surface area (Å²) < 4.78 is 26.0. The first-order valence-electron chi connectivity index (χ1n) is 6.07. The van der Waals surface area contributed by atoms with Crippen molar-refractivity contribution in [1.82, 2.24) is 4.31 Å². The van der Waals surface area contributed by atoms with Crippen LogP contribution in [0, 0.1) is 0 Å². The molecule has 0 unspecified atom stereocenters. The monoisotopic (exact) mass is 304 g/mol. The number of rotatable bonds is 4. The van der Waals surface area contributed by atoms with Gasteiger partial charge in [-0.1, -0.05) is 31.0 Å². The van der Waals surface area contributed by atoms with Crippen molar-refractivity contribution in [2.24, 2.45) is 0 Å². The van der Waals surface area contributed by atoms with Gasteiger partial charge >= 0.3 is 0 Å². The molecule has 0 atom stereocenters. The van der Waals surface area contributed by atoms with E-state index < -0.39 is 15.6 Å². The molecule has 5 nitrogen and oxygen atoms in total. The first kappa shape index (κ1) is 14.6. The topological polar surface area (TPSA) is 83.6 Å². The molecule has 1 aliphatic rings. The molecule has 3 N–H and O–H groups in total. The summed E-state index contributed by atoms with van der Waals surface area (Å²) in [6, 6.07) is 4.58. The van der Waals surface area contributed by atoms with E-state index in [-0.39, 0.29) is 28.7 Å². The van der Waals surface area contributed by atoms with Crippen LogP contribution in [-0.2, 0) is 10.0 Å². The van der Waals surface area contributed by atoms with E-state index in [1.54, 1.807) is 6.07 Å². The Morgan fingerprint density at radius 2 is 2.11 bits per heavy atom. The third-order valence-electron chi connectivity index (χ3n) is 3.25. The molecule has 7 heteroatoms. The number of hydrogen-bond donors (Lipinski definition) is 2. The molecule has 2 rings (SSSR count). The van der Waals surface area contributed by atoms with Crippen molar-refractivity contribution >= 4 is 27.3 Å². The summed E-state index contributed by atoms with van der Waals surface area (Å²) in [5, 5.41) is 10.2. The van der Waals surface area contributed by atoms with Crippen LogP contribution in [-0.4, -0.2) is 36.5 Å². The number of halogens is 1. The molecule has 1 aromatic rings. The van der Waals surface area contributed by atoms with E-state index >= 15 is 0 Å². The van der Waals surface area contributed by atoms with Crippen molar-refractivity contribution in [3.8, 4) is 0 Å². The Morgan fingerprint density at radius 1 is 1.47 bits per heavy atom. The minimum atomic E-state index is -3.74. The second-order valence-electron chi connectivity index (χ2n) is 4.91. The Balaban J connectivity index is 2.27. The van der Waals surface area contributed by atoms with Crippen LogP contribution in [0.4, 0.5) is 5.69 Å². The van der Waals surface area contributed by atoms with Gasteiger partial charge in [-0.2, -0.15) is 4.31 Å². The minimum absolute atomic E-state index is 0.0739. The molecule has 1 heterocycles. The van der Waals surface area contributed by atoms with E-state index in [0.717, 1.165) is 6.42 Å². The normalized spacial score (nSPS) is 19.1. The highest BCUT2D eigenvalue weighted by molar-refractivity contribution is 7.89. The van der Waals surface area contributed by atoms with E-state index in [9.17, 15) is 13.5 Å². The van der Waals surface area contributed by atoms with Gasteiger partial charge in [0, 0.05) is 13.1 Å². The molecule has 0 saturated carbocycles. The van der Waals surface area contributed by atoms with Gasteiger partial charge < -0.3 is 10.8 Å². The number of nitrogens with zero attached hydrogens (tertiary/aromatic N) is 1. The lowest BCUT2D eigenvalue weighted by atomic mass is 9.92. The quantitative estimate of drug-likeness (QED) is 0.825. The van der Waals surface area contributed by atoms with Crippen molar-refractivity contribution in [2.45, 2.75) is 30.3 Å². The van der Waals surface area contributed by atoms with Gasteiger partial charge in [0.05, 0.1) is 16.3 Å². The molecule has 0 amide bonds. The predicted molar refractivity (Wildman–Crippen MR) is 74.5 cm³/mol. The zero-order valence-corrected chi connectivity index (χ0v) is 12.2. The molecule has 0 radical (unpaired) electrons. The number of anilines is 1. The fraction of sp³-hybridized carbons (Fsp3) is 0.500. The largest absolute Gasteiger partial charge is 0.398 e. The van der Waals surface area contributed by atoms with Gasteiger partial charge in [0.2, 0.25) is 10.0 Å². The van der Waals surface area contributed by atoms with Gasteiger partial charge in [-0.05, 0) is 18.6 Å². The lowest BCUT2D eigenvalue weighted by Crippen LogP contribution is -2.63.